The highest BCUT2D eigenvalue weighted by atomic mass is 19.1. The maximum Gasteiger partial charge on any atom is 0.526 e. The number of hydrogen-bond acceptors (Lipinski definition) is 10. The number of benzene rings is 1. The van der Waals surface area contributed by atoms with Gasteiger partial charge in [-0.3, -0.25) is 24.3 Å². The van der Waals surface area contributed by atoms with Gasteiger partial charge in [0.25, 0.3) is 0 Å². The molecule has 4 amide bonds. The fourth-order valence-electron chi connectivity index (χ4n) is 4.83. The van der Waals surface area contributed by atoms with Crippen LogP contribution in [0.25, 0.3) is 0 Å². The van der Waals surface area contributed by atoms with E-state index in [2.05, 4.69) is 10.3 Å². The first kappa shape index (κ1) is 29.4. The first-order valence-electron chi connectivity index (χ1n) is 12.6. The second-order valence-corrected chi connectivity index (χ2v) is 9.67. The minimum Gasteiger partial charge on any atom is -0.535 e. The number of nitrogens with zero attached hydrogens (tertiary/aromatic N) is 3. The molecule has 14 nitrogen and oxygen atoms in total. The molecule has 2 aromatic rings. The highest BCUT2D eigenvalue weighted by Gasteiger charge is 2.42. The second-order valence-electron chi connectivity index (χ2n) is 9.67. The number of aromatic nitrogens is 1. The molecule has 1 aromatic carbocycles. The van der Waals surface area contributed by atoms with Crippen LogP contribution in [-0.2, 0) is 20.8 Å². The number of imide groups is 1. The van der Waals surface area contributed by atoms with Crippen molar-refractivity contribution in [3.8, 4) is 11.5 Å². The van der Waals surface area contributed by atoms with Crippen LogP contribution in [0.3, 0.4) is 0 Å². The molecule has 0 bridgehead atoms. The average Bonchev–Trinajstić information content (AvgIpc) is 2.90. The zero-order valence-corrected chi connectivity index (χ0v) is 21.9. The SMILES string of the molecule is Cc1ccc2c(c1C(=O)O)OB(O)[C@@H](CC(=O)[C@H](NC(=O)N1CCN(CCN)C(=O)C1=O)c1ncc(O)cc1F)C2. The smallest absolute Gasteiger partial charge is 0.526 e. The molecule has 41 heavy (non-hydrogen) atoms. The minimum atomic E-state index is -1.78. The lowest BCUT2D eigenvalue weighted by molar-refractivity contribution is -0.153. The van der Waals surface area contributed by atoms with Gasteiger partial charge in [0.15, 0.2) is 11.6 Å². The lowest BCUT2D eigenvalue weighted by Gasteiger charge is -2.33. The molecule has 2 aliphatic heterocycles. The van der Waals surface area contributed by atoms with Crippen molar-refractivity contribution in [2.24, 2.45) is 5.73 Å². The van der Waals surface area contributed by atoms with Crippen molar-refractivity contribution < 1.29 is 48.3 Å². The highest BCUT2D eigenvalue weighted by molar-refractivity contribution is 6.47. The zero-order chi connectivity index (χ0) is 30.0. The Hall–Kier alpha value is -4.57. The van der Waals surface area contributed by atoms with Crippen molar-refractivity contribution in [1.82, 2.24) is 20.1 Å². The minimum absolute atomic E-state index is 0.00243. The summed E-state index contributed by atoms with van der Waals surface area (Å²) in [6.07, 6.45) is 0.391. The number of carboxylic acids is 1. The van der Waals surface area contributed by atoms with Gasteiger partial charge in [-0.25, -0.2) is 14.0 Å². The molecule has 1 saturated heterocycles. The average molecular weight is 571 g/mol. The number of ketones is 1. The molecule has 3 heterocycles. The number of aryl methyl sites for hydroxylation is 1. The quantitative estimate of drug-likeness (QED) is 0.206. The molecule has 1 fully saturated rings. The summed E-state index contributed by atoms with van der Waals surface area (Å²) in [6.45, 7) is 1.57. The number of aromatic carboxylic acids is 1. The van der Waals surface area contributed by atoms with Gasteiger partial charge in [-0.15, -0.1) is 0 Å². The van der Waals surface area contributed by atoms with Gasteiger partial charge < -0.3 is 35.8 Å². The Morgan fingerprint density at radius 1 is 1.27 bits per heavy atom. The Morgan fingerprint density at radius 3 is 2.66 bits per heavy atom. The van der Waals surface area contributed by atoms with E-state index >= 15 is 0 Å². The van der Waals surface area contributed by atoms with Crippen molar-refractivity contribution in [3.05, 3.63) is 52.6 Å². The molecular formula is C25H27BFN5O9. The number of carbonyl (C=O) groups excluding carboxylic acids is 4. The molecule has 0 radical (unpaired) electrons. The van der Waals surface area contributed by atoms with Crippen LogP contribution in [-0.4, -0.2) is 92.9 Å². The van der Waals surface area contributed by atoms with Crippen molar-refractivity contribution in [2.75, 3.05) is 26.2 Å². The Balaban J connectivity index is 1.58. The monoisotopic (exact) mass is 571 g/mol. The van der Waals surface area contributed by atoms with Crippen LogP contribution in [0.5, 0.6) is 11.5 Å². The molecular weight excluding hydrogens is 544 g/mol. The summed E-state index contributed by atoms with van der Waals surface area (Å²) in [5, 5.41) is 32.0. The van der Waals surface area contributed by atoms with Crippen LogP contribution in [0.2, 0.25) is 5.82 Å². The summed E-state index contributed by atoms with van der Waals surface area (Å²) in [6, 6.07) is 0.907. The van der Waals surface area contributed by atoms with Gasteiger partial charge in [0.1, 0.15) is 28.8 Å². The third kappa shape index (κ3) is 5.97. The van der Waals surface area contributed by atoms with E-state index in [1.54, 1.807) is 19.1 Å². The molecule has 16 heteroatoms. The first-order valence-corrected chi connectivity index (χ1v) is 12.6. The third-order valence-corrected chi connectivity index (χ3v) is 6.92. The van der Waals surface area contributed by atoms with Gasteiger partial charge in [0.05, 0.1) is 6.20 Å². The molecule has 4 rings (SSSR count). The number of hydrogen-bond donors (Lipinski definition) is 5. The molecule has 0 aliphatic carbocycles. The molecule has 0 unspecified atom stereocenters. The van der Waals surface area contributed by atoms with Gasteiger partial charge in [0, 0.05) is 44.5 Å². The Bertz CT molecular complexity index is 1420. The predicted octanol–water partition coefficient (Wildman–Crippen LogP) is -0.242. The molecule has 2 aliphatic rings. The summed E-state index contributed by atoms with van der Waals surface area (Å²) in [5.74, 6) is -6.85. The lowest BCUT2D eigenvalue weighted by atomic mass is 9.64. The molecule has 2 atom stereocenters. The number of fused-ring (bicyclic) bond motifs is 1. The zero-order valence-electron chi connectivity index (χ0n) is 21.9. The van der Waals surface area contributed by atoms with E-state index in [-0.39, 0.29) is 43.9 Å². The third-order valence-electron chi connectivity index (χ3n) is 6.92. The number of halogens is 1. The van der Waals surface area contributed by atoms with E-state index in [0.717, 1.165) is 6.20 Å². The van der Waals surface area contributed by atoms with Crippen LogP contribution in [0.4, 0.5) is 9.18 Å². The maximum absolute atomic E-state index is 14.8. The molecule has 0 spiro atoms. The normalized spacial score (nSPS) is 17.6. The lowest BCUT2D eigenvalue weighted by Crippen LogP contribution is -2.59. The Labute approximate surface area is 233 Å². The number of nitrogens with two attached hydrogens (primary N) is 1. The number of pyridine rings is 1. The van der Waals surface area contributed by atoms with Crippen LogP contribution in [0, 0.1) is 12.7 Å². The summed E-state index contributed by atoms with van der Waals surface area (Å²) in [4.78, 5) is 68.7. The van der Waals surface area contributed by atoms with Gasteiger partial charge >= 0.3 is 30.9 Å². The summed E-state index contributed by atoms with van der Waals surface area (Å²) in [7, 11) is -1.62. The second kappa shape index (κ2) is 11.9. The molecule has 6 N–H and O–H groups in total. The van der Waals surface area contributed by atoms with E-state index in [9.17, 15) is 43.6 Å². The largest absolute Gasteiger partial charge is 0.535 e. The molecule has 216 valence electrons. The molecule has 1 aromatic heterocycles. The predicted molar refractivity (Wildman–Crippen MR) is 138 cm³/mol. The Kier molecular flexibility index (Phi) is 8.53. The van der Waals surface area contributed by atoms with Gasteiger partial charge in [-0.05, 0) is 24.5 Å². The highest BCUT2D eigenvalue weighted by Crippen LogP contribution is 2.38. The number of amides is 4. The van der Waals surface area contributed by atoms with Crippen molar-refractivity contribution in [3.63, 3.8) is 0 Å². The summed E-state index contributed by atoms with van der Waals surface area (Å²) in [5.41, 5.74) is 5.57. The number of carbonyl (C=O) groups is 5. The number of urea groups is 1. The fraction of sp³-hybridized carbons (Fsp3) is 0.360. The van der Waals surface area contributed by atoms with Gasteiger partial charge in [-0.1, -0.05) is 12.1 Å². The van der Waals surface area contributed by atoms with Crippen LogP contribution in [0.1, 0.15) is 39.6 Å². The van der Waals surface area contributed by atoms with Gasteiger partial charge in [-0.2, -0.15) is 0 Å². The summed E-state index contributed by atoms with van der Waals surface area (Å²) >= 11 is 0. The van der Waals surface area contributed by atoms with Crippen LogP contribution >= 0.6 is 0 Å². The number of Topliss-reactive ketones (excluding diaryl/α,β-unsaturated/α-hetero) is 1. The van der Waals surface area contributed by atoms with Gasteiger partial charge in [0.2, 0.25) is 0 Å². The standard InChI is InChI=1S/C25H27BFN5O9/c1-12-2-3-13-8-14(26(40)41-21(13)18(12)24(37)38)9-17(34)20(19-16(27)10-15(33)11-29-19)30-25(39)32-7-6-31(5-4-28)22(35)23(32)36/h2-3,10-11,14,20,33,40H,4-9,28H2,1H3,(H,30,39)(H,37,38)/t14-,20+/m1/s1. The number of nitrogens with one attached hydrogen (secondary N) is 1. The van der Waals surface area contributed by atoms with E-state index in [0.29, 0.717) is 22.1 Å². The van der Waals surface area contributed by atoms with E-state index in [1.807, 2.05) is 0 Å². The van der Waals surface area contributed by atoms with E-state index in [1.165, 1.54) is 4.90 Å². The number of rotatable bonds is 8. The maximum atomic E-state index is 14.8. The number of aromatic hydroxyl groups is 1. The van der Waals surface area contributed by atoms with Crippen molar-refractivity contribution >= 4 is 36.7 Å². The summed E-state index contributed by atoms with van der Waals surface area (Å²) < 4.78 is 20.3. The first-order chi connectivity index (χ1) is 19.4. The number of carboxylic acid groups (broad SMARTS) is 1. The van der Waals surface area contributed by atoms with Crippen LogP contribution < -0.4 is 15.7 Å². The topological polar surface area (TPSA) is 213 Å². The molecule has 0 saturated carbocycles. The number of piperazine rings is 1. The van der Waals surface area contributed by atoms with Crippen molar-refractivity contribution in [2.45, 2.75) is 31.6 Å². The van der Waals surface area contributed by atoms with E-state index < -0.39 is 72.3 Å². The Morgan fingerprint density at radius 2 is 2.00 bits per heavy atom. The van der Waals surface area contributed by atoms with E-state index in [4.69, 9.17) is 10.4 Å². The fourth-order valence-corrected chi connectivity index (χ4v) is 4.83. The van der Waals surface area contributed by atoms with Crippen LogP contribution in [0.15, 0.2) is 24.4 Å². The van der Waals surface area contributed by atoms with Crippen molar-refractivity contribution in [1.29, 1.82) is 0 Å².